The van der Waals surface area contributed by atoms with Crippen LogP contribution in [0.25, 0.3) is 0 Å². The van der Waals surface area contributed by atoms with E-state index in [4.69, 9.17) is 21.1 Å². The molecule has 0 unspecified atom stereocenters. The van der Waals surface area contributed by atoms with Gasteiger partial charge in [0.05, 0.1) is 17.8 Å². The van der Waals surface area contributed by atoms with E-state index in [1.165, 1.54) is 0 Å². The second kappa shape index (κ2) is 6.11. The Morgan fingerprint density at radius 1 is 1.05 bits per heavy atom. The summed E-state index contributed by atoms with van der Waals surface area (Å²) < 4.78 is 10.1. The number of amides is 1. The molecule has 0 fully saturated rings. The van der Waals surface area contributed by atoms with Crippen LogP contribution in [0.1, 0.15) is 0 Å². The fraction of sp³-hybridized carbons (Fsp3) is 0.0714. The zero-order chi connectivity index (χ0) is 13.7. The van der Waals surface area contributed by atoms with Crippen molar-refractivity contribution < 1.29 is 14.3 Å². The number of carbonyl (C=O) groups is 1. The first-order valence-electron chi connectivity index (χ1n) is 5.56. The summed E-state index contributed by atoms with van der Waals surface area (Å²) in [5, 5.41) is 3.02. The van der Waals surface area contributed by atoms with E-state index in [-0.39, 0.29) is 0 Å². The fourth-order valence-electron chi connectivity index (χ4n) is 1.45. The number of para-hydroxylation sites is 1. The lowest BCUT2D eigenvalue weighted by Gasteiger charge is -2.08. The average Bonchev–Trinajstić information content (AvgIpc) is 2.42. The minimum atomic E-state index is -0.599. The van der Waals surface area contributed by atoms with Gasteiger partial charge in [-0.05, 0) is 36.4 Å². The smallest absolute Gasteiger partial charge is 0.417 e. The summed E-state index contributed by atoms with van der Waals surface area (Å²) in [6.45, 7) is 0. The van der Waals surface area contributed by atoms with Crippen LogP contribution < -0.4 is 14.8 Å². The van der Waals surface area contributed by atoms with Crippen molar-refractivity contribution in [3.05, 3.63) is 53.6 Å². The van der Waals surface area contributed by atoms with E-state index >= 15 is 0 Å². The lowest BCUT2D eigenvalue weighted by molar-refractivity contribution is 0.215. The SMILES string of the molecule is COc1ccc(OC(=O)Nc2ccccc2Cl)cc1. The van der Waals surface area contributed by atoms with Gasteiger partial charge in [0.15, 0.2) is 0 Å². The Bertz CT molecular complexity index is 569. The van der Waals surface area contributed by atoms with Crippen molar-refractivity contribution in [2.45, 2.75) is 0 Å². The largest absolute Gasteiger partial charge is 0.497 e. The van der Waals surface area contributed by atoms with Gasteiger partial charge in [0, 0.05) is 0 Å². The number of nitrogens with one attached hydrogen (secondary N) is 1. The number of halogens is 1. The summed E-state index contributed by atoms with van der Waals surface area (Å²) in [5.74, 6) is 1.12. The van der Waals surface area contributed by atoms with Gasteiger partial charge in [-0.15, -0.1) is 0 Å². The molecule has 0 atom stereocenters. The minimum absolute atomic E-state index is 0.422. The van der Waals surface area contributed by atoms with Gasteiger partial charge < -0.3 is 9.47 Å². The number of rotatable bonds is 3. The second-order valence-electron chi connectivity index (χ2n) is 3.67. The van der Waals surface area contributed by atoms with Gasteiger partial charge in [-0.3, -0.25) is 5.32 Å². The van der Waals surface area contributed by atoms with Crippen molar-refractivity contribution in [3.8, 4) is 11.5 Å². The zero-order valence-electron chi connectivity index (χ0n) is 10.2. The third-order valence-corrected chi connectivity index (χ3v) is 2.71. The van der Waals surface area contributed by atoms with E-state index in [2.05, 4.69) is 5.32 Å². The predicted molar refractivity (Wildman–Crippen MR) is 74.1 cm³/mol. The third-order valence-electron chi connectivity index (χ3n) is 2.38. The summed E-state index contributed by atoms with van der Waals surface area (Å²) in [5.41, 5.74) is 0.502. The molecule has 0 spiro atoms. The lowest BCUT2D eigenvalue weighted by Crippen LogP contribution is -2.16. The Hall–Kier alpha value is -2.20. The maximum Gasteiger partial charge on any atom is 0.417 e. The molecule has 2 rings (SSSR count). The topological polar surface area (TPSA) is 47.6 Å². The Morgan fingerprint density at radius 3 is 2.32 bits per heavy atom. The Kier molecular flexibility index (Phi) is 4.26. The number of methoxy groups -OCH3 is 1. The molecular formula is C14H12ClNO3. The van der Waals surface area contributed by atoms with Crippen LogP contribution in [0.3, 0.4) is 0 Å². The summed E-state index contributed by atoms with van der Waals surface area (Å²) in [6.07, 6.45) is -0.599. The van der Waals surface area contributed by atoms with E-state index in [1.54, 1.807) is 55.6 Å². The first-order chi connectivity index (χ1) is 9.19. The molecule has 0 aliphatic heterocycles. The van der Waals surface area contributed by atoms with Gasteiger partial charge in [0.2, 0.25) is 0 Å². The maximum atomic E-state index is 11.7. The molecule has 98 valence electrons. The molecule has 0 heterocycles. The lowest BCUT2D eigenvalue weighted by atomic mass is 10.3. The number of benzene rings is 2. The number of carbonyl (C=O) groups excluding carboxylic acids is 1. The van der Waals surface area contributed by atoms with Crippen LogP contribution in [0, 0.1) is 0 Å². The van der Waals surface area contributed by atoms with Gasteiger partial charge in [0.25, 0.3) is 0 Å². The Balaban J connectivity index is 1.99. The van der Waals surface area contributed by atoms with E-state index in [9.17, 15) is 4.79 Å². The molecule has 0 aromatic heterocycles. The van der Waals surface area contributed by atoms with Crippen molar-refractivity contribution in [2.24, 2.45) is 0 Å². The summed E-state index contributed by atoms with van der Waals surface area (Å²) in [7, 11) is 1.57. The van der Waals surface area contributed by atoms with E-state index < -0.39 is 6.09 Å². The van der Waals surface area contributed by atoms with Crippen molar-refractivity contribution in [2.75, 3.05) is 12.4 Å². The normalized spacial score (nSPS) is 9.79. The molecule has 19 heavy (non-hydrogen) atoms. The number of anilines is 1. The Labute approximate surface area is 115 Å². The first kappa shape index (κ1) is 13.2. The number of hydrogen-bond donors (Lipinski definition) is 1. The minimum Gasteiger partial charge on any atom is -0.497 e. The number of hydrogen-bond acceptors (Lipinski definition) is 3. The molecule has 0 bridgehead atoms. The van der Waals surface area contributed by atoms with Gasteiger partial charge in [-0.1, -0.05) is 23.7 Å². The van der Waals surface area contributed by atoms with Gasteiger partial charge in [0.1, 0.15) is 11.5 Å². The van der Waals surface area contributed by atoms with Gasteiger partial charge >= 0.3 is 6.09 Å². The first-order valence-corrected chi connectivity index (χ1v) is 5.94. The number of ether oxygens (including phenoxy) is 2. The van der Waals surface area contributed by atoms with Crippen LogP contribution in [0.5, 0.6) is 11.5 Å². The van der Waals surface area contributed by atoms with Crippen LogP contribution in [0.2, 0.25) is 5.02 Å². The Morgan fingerprint density at radius 2 is 1.68 bits per heavy atom. The standard InChI is InChI=1S/C14H12ClNO3/c1-18-10-6-8-11(9-7-10)19-14(17)16-13-5-3-2-4-12(13)15/h2-9H,1H3,(H,16,17). The van der Waals surface area contributed by atoms with Crippen molar-refractivity contribution in [3.63, 3.8) is 0 Å². The van der Waals surface area contributed by atoms with Crippen molar-refractivity contribution >= 4 is 23.4 Å². The highest BCUT2D eigenvalue weighted by Crippen LogP contribution is 2.21. The second-order valence-corrected chi connectivity index (χ2v) is 4.08. The van der Waals surface area contributed by atoms with Crippen molar-refractivity contribution in [1.29, 1.82) is 0 Å². The van der Waals surface area contributed by atoms with Crippen LogP contribution in [-0.2, 0) is 0 Å². The predicted octanol–water partition coefficient (Wildman–Crippen LogP) is 3.96. The molecule has 0 aliphatic carbocycles. The maximum absolute atomic E-state index is 11.7. The van der Waals surface area contributed by atoms with Gasteiger partial charge in [-0.25, -0.2) is 4.79 Å². The molecule has 5 heteroatoms. The highest BCUT2D eigenvalue weighted by molar-refractivity contribution is 6.33. The van der Waals surface area contributed by atoms with Crippen LogP contribution >= 0.6 is 11.6 Å². The summed E-state index contributed by atoms with van der Waals surface area (Å²) in [4.78, 5) is 11.7. The quantitative estimate of drug-likeness (QED) is 0.924. The monoisotopic (exact) mass is 277 g/mol. The van der Waals surface area contributed by atoms with Crippen LogP contribution in [-0.4, -0.2) is 13.2 Å². The van der Waals surface area contributed by atoms with Gasteiger partial charge in [-0.2, -0.15) is 0 Å². The van der Waals surface area contributed by atoms with E-state index in [0.717, 1.165) is 0 Å². The molecule has 1 N–H and O–H groups in total. The fourth-order valence-corrected chi connectivity index (χ4v) is 1.63. The third kappa shape index (κ3) is 3.63. The molecule has 1 amide bonds. The van der Waals surface area contributed by atoms with E-state index in [1.807, 2.05) is 0 Å². The average molecular weight is 278 g/mol. The highest BCUT2D eigenvalue weighted by Gasteiger charge is 2.07. The van der Waals surface area contributed by atoms with Crippen LogP contribution in [0.4, 0.5) is 10.5 Å². The molecule has 2 aromatic carbocycles. The molecule has 2 aromatic rings. The molecule has 4 nitrogen and oxygen atoms in total. The van der Waals surface area contributed by atoms with E-state index in [0.29, 0.717) is 22.2 Å². The van der Waals surface area contributed by atoms with Crippen molar-refractivity contribution in [1.82, 2.24) is 0 Å². The van der Waals surface area contributed by atoms with Crippen LogP contribution in [0.15, 0.2) is 48.5 Å². The molecule has 0 saturated heterocycles. The molecular weight excluding hydrogens is 266 g/mol. The molecule has 0 aliphatic rings. The summed E-state index contributed by atoms with van der Waals surface area (Å²) >= 11 is 5.92. The molecule has 0 radical (unpaired) electrons. The summed E-state index contributed by atoms with van der Waals surface area (Å²) in [6, 6.07) is 13.6. The zero-order valence-corrected chi connectivity index (χ0v) is 11.0. The highest BCUT2D eigenvalue weighted by atomic mass is 35.5. The molecule has 0 saturated carbocycles.